The molecule has 0 aromatic heterocycles. The van der Waals surface area contributed by atoms with E-state index in [0.29, 0.717) is 4.91 Å². The molecule has 8 heteroatoms. The average molecular weight is 382 g/mol. The van der Waals surface area contributed by atoms with E-state index in [0.717, 1.165) is 16.5 Å². The van der Waals surface area contributed by atoms with Crippen LogP contribution in [0.3, 0.4) is 0 Å². The van der Waals surface area contributed by atoms with E-state index >= 15 is 0 Å². The molecule has 3 rings (SSSR count). The lowest BCUT2D eigenvalue weighted by molar-refractivity contribution is -0.432. The fraction of sp³-hybridized carbons (Fsp3) is 0.182. The molecule has 2 aliphatic heterocycles. The van der Waals surface area contributed by atoms with Crippen molar-refractivity contribution in [2.75, 3.05) is 5.75 Å². The first-order valence-electron chi connectivity index (χ1n) is 5.32. The van der Waals surface area contributed by atoms with Crippen LogP contribution in [0.4, 0.5) is 11.4 Å². The van der Waals surface area contributed by atoms with Crippen molar-refractivity contribution in [2.24, 2.45) is 4.99 Å². The molecule has 0 radical (unpaired) electrons. The van der Waals surface area contributed by atoms with Gasteiger partial charge >= 0.3 is 0 Å². The highest BCUT2D eigenvalue weighted by atomic mass is 79.9. The monoisotopic (exact) mass is 380 g/mol. The molecule has 0 amide bonds. The number of hydrogen-bond acceptors (Lipinski definition) is 4. The first-order valence-corrected chi connectivity index (χ1v) is 8.29. The van der Waals surface area contributed by atoms with E-state index in [1.165, 1.54) is 17.2 Å². The minimum Gasteiger partial charge on any atom is -1.00 e. The first-order chi connectivity index (χ1) is 8.53. The fourth-order valence-corrected chi connectivity index (χ4v) is 5.36. The molecule has 1 unspecified atom stereocenters. The molecule has 1 atom stereocenters. The molecule has 4 nitrogen and oxygen atoms in total. The number of nitrogens with two attached hydrogens (primary N) is 1. The Hall–Kier alpha value is -0.340. The van der Waals surface area contributed by atoms with Gasteiger partial charge < -0.3 is 17.0 Å². The molecule has 1 aromatic rings. The maximum absolute atomic E-state index is 11.4. The number of alkyl halides is 1. The van der Waals surface area contributed by atoms with Gasteiger partial charge in [-0.2, -0.15) is 4.99 Å². The van der Waals surface area contributed by atoms with Gasteiger partial charge in [-0.15, -0.1) is 11.6 Å². The van der Waals surface area contributed by atoms with Crippen LogP contribution in [0.5, 0.6) is 0 Å². The van der Waals surface area contributed by atoms with Crippen LogP contribution in [-0.4, -0.2) is 24.7 Å². The lowest BCUT2D eigenvalue weighted by atomic mass is 10.3. The summed E-state index contributed by atoms with van der Waals surface area (Å²) < 4.78 is 22.8. The van der Waals surface area contributed by atoms with Crippen LogP contribution < -0.4 is 22.3 Å². The van der Waals surface area contributed by atoms with E-state index in [9.17, 15) is 8.42 Å². The van der Waals surface area contributed by atoms with E-state index in [4.69, 9.17) is 11.6 Å². The predicted molar refractivity (Wildman–Crippen MR) is 74.2 cm³/mol. The minimum atomic E-state index is -3.14. The van der Waals surface area contributed by atoms with Crippen LogP contribution in [0.15, 0.2) is 39.6 Å². The topological polar surface area (TPSA) is 63.1 Å². The number of hydrogen-bond donors (Lipinski definition) is 1. The normalized spacial score (nSPS) is 23.3. The molecule has 0 spiro atoms. The quantitative estimate of drug-likeness (QED) is 0.476. The standard InChI is InChI=1S/C11H9ClN2O2S2.BrH/c12-7-5-18(15,16)6-10(7)17-11-13-8-3-1-2-4-9(8)14-11;/h1-4,6-7H,5H2,(H,13,14);1H. The van der Waals surface area contributed by atoms with Gasteiger partial charge in [-0.3, -0.25) is 5.32 Å². The lowest BCUT2D eigenvalue weighted by Gasteiger charge is -2.02. The number of sulfone groups is 1. The maximum atomic E-state index is 11.4. The number of aliphatic imine (C=N–C) groups is 1. The number of quaternary nitrogens is 1. The van der Waals surface area contributed by atoms with E-state index in [1.54, 1.807) is 0 Å². The average Bonchev–Trinajstić information content (AvgIpc) is 2.79. The van der Waals surface area contributed by atoms with Gasteiger partial charge in [0.15, 0.2) is 15.5 Å². The molecule has 0 saturated heterocycles. The van der Waals surface area contributed by atoms with Gasteiger partial charge in [0.1, 0.15) is 5.69 Å². The SMILES string of the molecule is O=S1(=O)C=C(SC2=Nc3ccccc3[NH2+]2)C(Cl)C1.[Br-]. The van der Waals surface area contributed by atoms with Crippen molar-refractivity contribution in [3.8, 4) is 0 Å². The highest BCUT2D eigenvalue weighted by Gasteiger charge is 2.31. The van der Waals surface area contributed by atoms with Crippen LogP contribution in [0.2, 0.25) is 0 Å². The van der Waals surface area contributed by atoms with Gasteiger partial charge in [-0.25, -0.2) is 8.42 Å². The Morgan fingerprint density at radius 1 is 1.37 bits per heavy atom. The third-order valence-corrected chi connectivity index (χ3v) is 5.97. The number of fused-ring (bicyclic) bond motifs is 1. The highest BCUT2D eigenvalue weighted by molar-refractivity contribution is 8.17. The van der Waals surface area contributed by atoms with Gasteiger partial charge in [-0.05, 0) is 17.8 Å². The van der Waals surface area contributed by atoms with Crippen molar-refractivity contribution in [3.63, 3.8) is 0 Å². The molecule has 0 fully saturated rings. The molecule has 102 valence electrons. The summed E-state index contributed by atoms with van der Waals surface area (Å²) in [5, 5.41) is 3.52. The summed E-state index contributed by atoms with van der Waals surface area (Å²) in [6.45, 7) is 0. The Morgan fingerprint density at radius 3 is 2.74 bits per heavy atom. The Balaban J connectivity index is 0.00000133. The smallest absolute Gasteiger partial charge is 0.270 e. The summed E-state index contributed by atoms with van der Waals surface area (Å²) in [4.78, 5) is 5.08. The maximum Gasteiger partial charge on any atom is 0.270 e. The second-order valence-electron chi connectivity index (χ2n) is 4.07. The number of thioether (sulfide) groups is 1. The zero-order valence-electron chi connectivity index (χ0n) is 9.58. The zero-order valence-corrected chi connectivity index (χ0v) is 13.6. The van der Waals surface area contributed by atoms with Crippen LogP contribution in [-0.2, 0) is 9.84 Å². The summed E-state index contributed by atoms with van der Waals surface area (Å²) in [5.41, 5.74) is 1.96. The van der Waals surface area contributed by atoms with Crippen molar-refractivity contribution in [2.45, 2.75) is 5.38 Å². The van der Waals surface area contributed by atoms with Crippen molar-refractivity contribution in [1.29, 1.82) is 0 Å². The number of para-hydroxylation sites is 2. The molecule has 2 heterocycles. The largest absolute Gasteiger partial charge is 1.00 e. The Morgan fingerprint density at radius 2 is 2.11 bits per heavy atom. The molecule has 0 saturated carbocycles. The third-order valence-electron chi connectivity index (χ3n) is 2.65. The first kappa shape index (κ1) is 15.1. The van der Waals surface area contributed by atoms with E-state index in [2.05, 4.69) is 4.99 Å². The summed E-state index contributed by atoms with van der Waals surface area (Å²) in [6, 6.07) is 7.78. The minimum absolute atomic E-state index is 0. The van der Waals surface area contributed by atoms with Gasteiger partial charge in [0.25, 0.3) is 5.17 Å². The van der Waals surface area contributed by atoms with Gasteiger partial charge in [-0.1, -0.05) is 12.1 Å². The number of benzene rings is 1. The molecular formula is C11H10BrClN2O2S2. The number of allylic oxidation sites excluding steroid dienone is 1. The van der Waals surface area contributed by atoms with E-state index in [-0.39, 0.29) is 22.7 Å². The fourth-order valence-electron chi connectivity index (χ4n) is 1.84. The lowest BCUT2D eigenvalue weighted by Crippen LogP contribution is -3.00. The molecular weight excluding hydrogens is 372 g/mol. The second-order valence-corrected chi connectivity index (χ2v) is 7.59. The Kier molecular flexibility index (Phi) is 4.42. The zero-order chi connectivity index (χ0) is 12.8. The number of nitrogens with zero attached hydrogens (tertiary/aromatic N) is 1. The summed E-state index contributed by atoms with van der Waals surface area (Å²) >= 11 is 7.34. The number of rotatable bonds is 1. The molecule has 19 heavy (non-hydrogen) atoms. The van der Waals surface area contributed by atoms with Gasteiger partial charge in [0.2, 0.25) is 0 Å². The molecule has 2 aliphatic rings. The van der Waals surface area contributed by atoms with Crippen molar-refractivity contribution < 1.29 is 30.7 Å². The summed E-state index contributed by atoms with van der Waals surface area (Å²) in [5.74, 6) is -0.0167. The highest BCUT2D eigenvalue weighted by Crippen LogP contribution is 2.34. The number of halogens is 2. The van der Waals surface area contributed by atoms with Crippen molar-refractivity contribution in [1.82, 2.24) is 0 Å². The molecule has 2 N–H and O–H groups in total. The van der Waals surface area contributed by atoms with Gasteiger partial charge in [0.05, 0.1) is 11.1 Å². The van der Waals surface area contributed by atoms with Crippen molar-refractivity contribution in [3.05, 3.63) is 34.6 Å². The summed E-state index contributed by atoms with van der Waals surface area (Å²) in [7, 11) is -3.14. The summed E-state index contributed by atoms with van der Waals surface area (Å²) in [6.07, 6.45) is 0. The van der Waals surface area contributed by atoms with Gasteiger partial charge in [0, 0.05) is 16.4 Å². The predicted octanol–water partition coefficient (Wildman–Crippen LogP) is -1.50. The van der Waals surface area contributed by atoms with E-state index < -0.39 is 15.2 Å². The van der Waals surface area contributed by atoms with Crippen LogP contribution in [0.25, 0.3) is 0 Å². The third kappa shape index (κ3) is 3.22. The molecule has 1 aromatic carbocycles. The van der Waals surface area contributed by atoms with Crippen LogP contribution in [0, 0.1) is 0 Å². The van der Waals surface area contributed by atoms with Crippen LogP contribution >= 0.6 is 23.4 Å². The van der Waals surface area contributed by atoms with Crippen molar-refractivity contribution >= 4 is 49.7 Å². The molecule has 0 aliphatic carbocycles. The van der Waals surface area contributed by atoms with Crippen LogP contribution in [0.1, 0.15) is 0 Å². The second kappa shape index (κ2) is 5.57. The number of amidine groups is 1. The van der Waals surface area contributed by atoms with E-state index in [1.807, 2.05) is 29.6 Å². The Labute approximate surface area is 131 Å². The molecule has 0 bridgehead atoms. The Bertz CT molecular complexity index is 673.